The third kappa shape index (κ3) is 15.0. The van der Waals surface area contributed by atoms with Gasteiger partial charge in [0.05, 0.1) is 13.0 Å². The molecule has 0 spiro atoms. The van der Waals surface area contributed by atoms with Crippen molar-refractivity contribution >= 4 is 80.8 Å². The Bertz CT molecular complexity index is 1420. The van der Waals surface area contributed by atoms with Crippen LogP contribution in [0.1, 0.15) is 47.0 Å². The monoisotopic (exact) mass is 807 g/mol. The van der Waals surface area contributed by atoms with E-state index in [4.69, 9.17) is 11.5 Å². The molecule has 0 aromatic heterocycles. The normalized spacial score (nSPS) is 26.6. The zero-order valence-corrected chi connectivity index (χ0v) is 31.8. The van der Waals surface area contributed by atoms with Crippen LogP contribution in [0.4, 0.5) is 0 Å². The summed E-state index contributed by atoms with van der Waals surface area (Å²) in [7, 11) is 1.92. The molecule has 1 fully saturated rings. The van der Waals surface area contributed by atoms with Gasteiger partial charge in [0, 0.05) is 25.0 Å². The van der Waals surface area contributed by atoms with Crippen molar-refractivity contribution in [1.82, 2.24) is 36.8 Å². The standard InChI is InChI=1S/C30H49N9O13S2/c1-5-13(2)21-27(48)38-22(30(51)52)28(49)34-16(9-20(42)43)29(50)39(8-6-7-31)14(3)24(45)35-17(10-40)25(46)36-18(23(32)44)11-53-54-12-19(26(47)37-21)33-15(4)41/h13-14,16-19,21-22,40H,5-12,31H2,1-4H3,(H2,32,44)(H,33,41)(H,34,49)(H,35,45)(H,36,46)(H,37,47)(H,38,48)(H,42,43)(H,51,52)/t13?,14-,16-,17+,18-,19-,21-,22+/m0/s1. The Kier molecular flexibility index (Phi) is 20.3. The number of aliphatic hydroxyl groups excluding tert-OH is 1. The Hall–Kier alpha value is -4.68. The lowest BCUT2D eigenvalue weighted by Crippen LogP contribution is -2.62. The third-order valence-electron chi connectivity index (χ3n) is 8.04. The number of rotatable bonds is 11. The summed E-state index contributed by atoms with van der Waals surface area (Å²) in [6.07, 6.45) is -0.800. The number of aliphatic carboxylic acids is 2. The minimum absolute atomic E-state index is 0.0207. The fourth-order valence-corrected chi connectivity index (χ4v) is 7.11. The van der Waals surface area contributed by atoms with Crippen LogP contribution in [0.3, 0.4) is 0 Å². The third-order valence-corrected chi connectivity index (χ3v) is 10.5. The van der Waals surface area contributed by atoms with E-state index in [0.29, 0.717) is 0 Å². The molecule has 1 heterocycles. The van der Waals surface area contributed by atoms with Crippen molar-refractivity contribution in [3.63, 3.8) is 0 Å². The molecule has 1 unspecified atom stereocenters. The van der Waals surface area contributed by atoms with Gasteiger partial charge in [-0.05, 0) is 25.8 Å². The maximum absolute atomic E-state index is 13.8. The number of hydrogen-bond acceptors (Lipinski definition) is 14. The van der Waals surface area contributed by atoms with Crippen LogP contribution in [0.15, 0.2) is 0 Å². The number of nitrogens with two attached hydrogens (primary N) is 2. The average molecular weight is 808 g/mol. The molecule has 1 saturated heterocycles. The average Bonchev–Trinajstić information content (AvgIpc) is 3.10. The quantitative estimate of drug-likeness (QED) is 0.0687. The number of nitrogens with one attached hydrogen (secondary N) is 6. The Labute approximate surface area is 318 Å². The molecular weight excluding hydrogens is 759 g/mol. The lowest BCUT2D eigenvalue weighted by Gasteiger charge is -2.33. The van der Waals surface area contributed by atoms with Crippen molar-refractivity contribution in [2.45, 2.75) is 89.3 Å². The molecule has 24 heteroatoms. The van der Waals surface area contributed by atoms with Crippen LogP contribution in [0.2, 0.25) is 0 Å². The van der Waals surface area contributed by atoms with Gasteiger partial charge in [-0.25, -0.2) is 4.79 Å². The van der Waals surface area contributed by atoms with Crippen LogP contribution in [0.25, 0.3) is 0 Å². The summed E-state index contributed by atoms with van der Waals surface area (Å²) >= 11 is 0. The molecular formula is C30H49N9O13S2. The Morgan fingerprint density at radius 1 is 0.889 bits per heavy atom. The van der Waals surface area contributed by atoms with E-state index >= 15 is 0 Å². The van der Waals surface area contributed by atoms with Crippen molar-refractivity contribution in [3.05, 3.63) is 0 Å². The second kappa shape index (κ2) is 23.2. The maximum Gasteiger partial charge on any atom is 0.336 e. The molecule has 8 atom stereocenters. The van der Waals surface area contributed by atoms with Gasteiger partial charge in [0.1, 0.15) is 36.3 Å². The summed E-state index contributed by atoms with van der Waals surface area (Å²) in [6, 6.07) is -11.7. The summed E-state index contributed by atoms with van der Waals surface area (Å²) in [4.78, 5) is 129. The molecule has 0 saturated carbocycles. The molecule has 8 amide bonds. The van der Waals surface area contributed by atoms with E-state index in [9.17, 15) is 63.3 Å². The summed E-state index contributed by atoms with van der Waals surface area (Å²) in [5.74, 6) is -13.0. The highest BCUT2D eigenvalue weighted by molar-refractivity contribution is 8.76. The van der Waals surface area contributed by atoms with E-state index < -0.39 is 120 Å². The fraction of sp³-hybridized carbons (Fsp3) is 0.667. The highest BCUT2D eigenvalue weighted by Crippen LogP contribution is 2.23. The zero-order valence-electron chi connectivity index (χ0n) is 30.1. The molecule has 0 aliphatic carbocycles. The Balaban J connectivity index is 3.78. The van der Waals surface area contributed by atoms with Gasteiger partial charge in [-0.2, -0.15) is 0 Å². The highest BCUT2D eigenvalue weighted by Gasteiger charge is 2.39. The first-order chi connectivity index (χ1) is 25.3. The first kappa shape index (κ1) is 47.3. The largest absolute Gasteiger partial charge is 0.481 e. The van der Waals surface area contributed by atoms with Gasteiger partial charge in [0.2, 0.25) is 47.4 Å². The molecule has 0 bridgehead atoms. The number of hydrogen-bond donors (Lipinski definition) is 11. The van der Waals surface area contributed by atoms with E-state index in [-0.39, 0.29) is 37.4 Å². The second-order valence-corrected chi connectivity index (χ2v) is 14.7. The molecule has 13 N–H and O–H groups in total. The van der Waals surface area contributed by atoms with Gasteiger partial charge in [-0.1, -0.05) is 41.9 Å². The summed E-state index contributed by atoms with van der Waals surface area (Å²) < 4.78 is 0. The van der Waals surface area contributed by atoms with E-state index in [1.54, 1.807) is 13.8 Å². The highest BCUT2D eigenvalue weighted by atomic mass is 33.1. The number of carbonyl (C=O) groups is 10. The predicted molar refractivity (Wildman–Crippen MR) is 193 cm³/mol. The summed E-state index contributed by atoms with van der Waals surface area (Å²) in [6.45, 7) is 4.21. The van der Waals surface area contributed by atoms with E-state index in [1.165, 1.54) is 6.92 Å². The van der Waals surface area contributed by atoms with Crippen molar-refractivity contribution < 1.29 is 63.3 Å². The topological polar surface area (TPSA) is 359 Å². The van der Waals surface area contributed by atoms with Crippen LogP contribution in [-0.2, 0) is 47.9 Å². The Morgan fingerprint density at radius 3 is 2.02 bits per heavy atom. The van der Waals surface area contributed by atoms with Gasteiger partial charge >= 0.3 is 11.9 Å². The molecule has 0 aromatic carbocycles. The summed E-state index contributed by atoms with van der Waals surface area (Å²) in [5, 5.41) is 42.9. The van der Waals surface area contributed by atoms with Gasteiger partial charge in [0.25, 0.3) is 5.91 Å². The van der Waals surface area contributed by atoms with Crippen LogP contribution in [0.5, 0.6) is 0 Å². The van der Waals surface area contributed by atoms with Crippen LogP contribution in [-0.4, -0.2) is 153 Å². The van der Waals surface area contributed by atoms with Crippen molar-refractivity contribution in [2.75, 3.05) is 31.2 Å². The molecule has 1 aliphatic rings. The van der Waals surface area contributed by atoms with Crippen molar-refractivity contribution in [2.24, 2.45) is 17.4 Å². The van der Waals surface area contributed by atoms with Crippen molar-refractivity contribution in [3.8, 4) is 0 Å². The smallest absolute Gasteiger partial charge is 0.336 e. The number of carboxylic acids is 2. The van der Waals surface area contributed by atoms with Crippen LogP contribution < -0.4 is 43.4 Å². The molecule has 1 rings (SSSR count). The number of carbonyl (C=O) groups excluding carboxylic acids is 8. The van der Waals surface area contributed by atoms with Crippen molar-refractivity contribution in [1.29, 1.82) is 0 Å². The zero-order chi connectivity index (χ0) is 41.3. The van der Waals surface area contributed by atoms with E-state index in [2.05, 4.69) is 21.3 Å². The fourth-order valence-electron chi connectivity index (χ4n) is 4.77. The van der Waals surface area contributed by atoms with Gasteiger partial charge in [-0.3, -0.25) is 43.2 Å². The molecule has 1 aliphatic heterocycles. The van der Waals surface area contributed by atoms with E-state index in [0.717, 1.165) is 33.4 Å². The predicted octanol–water partition coefficient (Wildman–Crippen LogP) is -5.04. The molecule has 22 nitrogen and oxygen atoms in total. The maximum atomic E-state index is 13.8. The first-order valence-electron chi connectivity index (χ1n) is 16.7. The van der Waals surface area contributed by atoms with Crippen LogP contribution in [0, 0.1) is 5.92 Å². The number of carboxylic acid groups (broad SMARTS) is 2. The first-order valence-corrected chi connectivity index (χ1v) is 19.2. The minimum atomic E-state index is -2.41. The second-order valence-electron chi connectivity index (χ2n) is 12.2. The SMILES string of the molecule is CCC(C)[C@@H]1NC(=O)[C@@H](NC(C)=O)CSSC[C@@H](C(N)=O)NC(=O)[C@@H](CO)NC(=O)[C@H](C)N(CCCN)C(=O)[C@H](CC(=O)O)NC(=O)[C@H](C(=O)O)NC1=O. The van der Waals surface area contributed by atoms with Gasteiger partial charge < -0.3 is 63.6 Å². The van der Waals surface area contributed by atoms with Gasteiger partial charge in [0.15, 0.2) is 0 Å². The lowest BCUT2D eigenvalue weighted by atomic mass is 9.97. The molecule has 0 aromatic rings. The molecule has 54 heavy (non-hydrogen) atoms. The van der Waals surface area contributed by atoms with Gasteiger partial charge in [-0.15, -0.1) is 0 Å². The number of amides is 8. The number of aliphatic hydroxyl groups is 1. The number of primary amides is 1. The number of nitrogens with zero attached hydrogens (tertiary/aromatic N) is 1. The summed E-state index contributed by atoms with van der Waals surface area (Å²) in [5.41, 5.74) is 11.1. The Morgan fingerprint density at radius 2 is 1.50 bits per heavy atom. The minimum Gasteiger partial charge on any atom is -0.481 e. The lowest BCUT2D eigenvalue weighted by molar-refractivity contribution is -0.150. The van der Waals surface area contributed by atoms with Crippen LogP contribution >= 0.6 is 21.6 Å². The molecule has 304 valence electrons. The van der Waals surface area contributed by atoms with E-state index in [1.807, 2.05) is 10.6 Å². The molecule has 0 radical (unpaired) electrons.